The molecule has 0 fully saturated rings. The quantitative estimate of drug-likeness (QED) is 0.0821. The first-order valence-corrected chi connectivity index (χ1v) is 16.2. The largest absolute Gasteiger partial charge is 0.379 e. The second-order valence-electron chi connectivity index (χ2n) is 9.78. The first-order chi connectivity index (χ1) is 18.6. The fraction of sp³-hybridized carbons (Fsp3) is 0.800. The predicted octanol–water partition coefficient (Wildman–Crippen LogP) is 6.86. The molecule has 0 radical (unpaired) electrons. The highest BCUT2D eigenvalue weighted by Crippen LogP contribution is 2.13. The summed E-state index contributed by atoms with van der Waals surface area (Å²) < 4.78 is 51.0. The van der Waals surface area contributed by atoms with Crippen molar-refractivity contribution in [3.05, 3.63) is 29.8 Å². The van der Waals surface area contributed by atoms with E-state index in [0.29, 0.717) is 39.6 Å². The summed E-state index contributed by atoms with van der Waals surface area (Å²) in [4.78, 5) is 0.149. The number of ether oxygens (including phenoxy) is 4. The average Bonchev–Trinajstić information content (AvgIpc) is 2.91. The number of rotatable bonds is 28. The summed E-state index contributed by atoms with van der Waals surface area (Å²) in [7, 11) is -3.74. The highest BCUT2D eigenvalue weighted by atomic mass is 32.2. The van der Waals surface area contributed by atoms with Crippen LogP contribution in [0.25, 0.3) is 0 Å². The minimum atomic E-state index is -3.74. The maximum atomic E-state index is 12.1. The molecule has 0 N–H and O–H groups in total. The molecule has 0 aliphatic rings. The van der Waals surface area contributed by atoms with Gasteiger partial charge >= 0.3 is 0 Å². The van der Waals surface area contributed by atoms with Gasteiger partial charge in [0.15, 0.2) is 0 Å². The van der Waals surface area contributed by atoms with Gasteiger partial charge in [-0.25, -0.2) is 0 Å². The number of hydrogen-bond donors (Lipinski definition) is 0. The lowest BCUT2D eigenvalue weighted by atomic mass is 10.0. The van der Waals surface area contributed by atoms with Crippen LogP contribution in [0.5, 0.6) is 0 Å². The number of hydrogen-bond acceptors (Lipinski definition) is 7. The van der Waals surface area contributed by atoms with Crippen molar-refractivity contribution >= 4 is 10.1 Å². The van der Waals surface area contributed by atoms with Gasteiger partial charge < -0.3 is 18.9 Å². The van der Waals surface area contributed by atoms with Crippen LogP contribution in [0.4, 0.5) is 0 Å². The molecule has 0 aromatic heterocycles. The molecule has 7 nitrogen and oxygen atoms in total. The van der Waals surface area contributed by atoms with E-state index in [1.165, 1.54) is 89.2 Å². The Hall–Kier alpha value is -1.03. The van der Waals surface area contributed by atoms with E-state index in [1.54, 1.807) is 12.1 Å². The fourth-order valence-corrected chi connectivity index (χ4v) is 4.85. The Balaban J connectivity index is 1.73. The molecular formula is C30H54O7S. The molecular weight excluding hydrogens is 504 g/mol. The summed E-state index contributed by atoms with van der Waals surface area (Å²) in [5.74, 6) is 0. The minimum absolute atomic E-state index is 0.0291. The zero-order valence-electron chi connectivity index (χ0n) is 24.1. The van der Waals surface area contributed by atoms with Crippen LogP contribution >= 0.6 is 0 Å². The van der Waals surface area contributed by atoms with Crippen LogP contribution < -0.4 is 0 Å². The van der Waals surface area contributed by atoms with Crippen molar-refractivity contribution in [1.29, 1.82) is 0 Å². The summed E-state index contributed by atoms with van der Waals surface area (Å²) in [5, 5.41) is 0. The molecule has 0 saturated heterocycles. The van der Waals surface area contributed by atoms with Crippen molar-refractivity contribution < 1.29 is 31.5 Å². The number of aryl methyl sites for hydroxylation is 1. The Bertz CT molecular complexity index is 737. The molecule has 38 heavy (non-hydrogen) atoms. The molecule has 0 heterocycles. The van der Waals surface area contributed by atoms with Crippen LogP contribution in [-0.2, 0) is 33.2 Å². The molecule has 1 aromatic carbocycles. The van der Waals surface area contributed by atoms with E-state index in [0.717, 1.165) is 18.6 Å². The van der Waals surface area contributed by atoms with Crippen molar-refractivity contribution in [3.8, 4) is 0 Å². The molecule has 8 heteroatoms. The standard InChI is InChI=1S/C30H54O7S/c1-3-4-5-6-7-8-9-10-11-12-13-14-15-20-33-21-22-34-23-24-35-25-26-36-27-28-37-38(31,32)30-18-16-29(2)17-19-30/h16-19H,3-15,20-28H2,1-2H3. The first kappa shape index (κ1) is 35.0. The van der Waals surface area contributed by atoms with E-state index >= 15 is 0 Å². The summed E-state index contributed by atoms with van der Waals surface area (Å²) in [6.45, 7) is 8.12. The number of benzene rings is 1. The highest BCUT2D eigenvalue weighted by Gasteiger charge is 2.14. The smallest absolute Gasteiger partial charge is 0.297 e. The maximum absolute atomic E-state index is 12.1. The Morgan fingerprint density at radius 2 is 0.868 bits per heavy atom. The predicted molar refractivity (Wildman–Crippen MR) is 153 cm³/mol. The van der Waals surface area contributed by atoms with Crippen LogP contribution in [-0.4, -0.2) is 67.9 Å². The van der Waals surface area contributed by atoms with E-state index in [4.69, 9.17) is 23.1 Å². The lowest BCUT2D eigenvalue weighted by Gasteiger charge is -2.08. The van der Waals surface area contributed by atoms with Gasteiger partial charge in [-0.15, -0.1) is 0 Å². The average molecular weight is 559 g/mol. The van der Waals surface area contributed by atoms with Crippen LogP contribution in [0.2, 0.25) is 0 Å². The highest BCUT2D eigenvalue weighted by molar-refractivity contribution is 7.86. The third-order valence-electron chi connectivity index (χ3n) is 6.28. The summed E-state index contributed by atoms with van der Waals surface area (Å²) in [5.41, 5.74) is 0.992. The molecule has 1 aromatic rings. The monoisotopic (exact) mass is 558 g/mol. The molecule has 0 spiro atoms. The van der Waals surface area contributed by atoms with Gasteiger partial charge in [-0.05, 0) is 25.5 Å². The Morgan fingerprint density at radius 3 is 1.32 bits per heavy atom. The second-order valence-corrected chi connectivity index (χ2v) is 11.4. The molecule has 0 unspecified atom stereocenters. The summed E-state index contributed by atoms with van der Waals surface area (Å²) in [6.07, 6.45) is 17.7. The van der Waals surface area contributed by atoms with E-state index in [-0.39, 0.29) is 18.1 Å². The first-order valence-electron chi connectivity index (χ1n) is 14.8. The van der Waals surface area contributed by atoms with Gasteiger partial charge in [-0.1, -0.05) is 102 Å². The molecule has 0 aliphatic carbocycles. The lowest BCUT2D eigenvalue weighted by molar-refractivity contribution is -0.00468. The van der Waals surface area contributed by atoms with Gasteiger partial charge in [-0.2, -0.15) is 8.42 Å². The van der Waals surface area contributed by atoms with E-state index in [1.807, 2.05) is 6.92 Å². The minimum Gasteiger partial charge on any atom is -0.379 e. The molecule has 0 bridgehead atoms. The topological polar surface area (TPSA) is 80.3 Å². The Morgan fingerprint density at radius 1 is 0.500 bits per heavy atom. The van der Waals surface area contributed by atoms with Crippen LogP contribution in [0, 0.1) is 6.92 Å². The fourth-order valence-electron chi connectivity index (χ4n) is 3.96. The molecule has 0 amide bonds. The van der Waals surface area contributed by atoms with Gasteiger partial charge in [0.05, 0.1) is 57.8 Å². The van der Waals surface area contributed by atoms with Crippen molar-refractivity contribution in [1.82, 2.24) is 0 Å². The van der Waals surface area contributed by atoms with E-state index in [9.17, 15) is 8.42 Å². The number of unbranched alkanes of at least 4 members (excludes halogenated alkanes) is 12. The van der Waals surface area contributed by atoms with Gasteiger partial charge in [-0.3, -0.25) is 4.18 Å². The van der Waals surface area contributed by atoms with Gasteiger partial charge in [0, 0.05) is 6.61 Å². The van der Waals surface area contributed by atoms with Gasteiger partial charge in [0.1, 0.15) is 0 Å². The third-order valence-corrected chi connectivity index (χ3v) is 7.61. The van der Waals surface area contributed by atoms with Crippen LogP contribution in [0.15, 0.2) is 29.2 Å². The van der Waals surface area contributed by atoms with E-state index < -0.39 is 10.1 Å². The second kappa shape index (κ2) is 25.0. The van der Waals surface area contributed by atoms with Crippen LogP contribution in [0.1, 0.15) is 96.0 Å². The van der Waals surface area contributed by atoms with Crippen molar-refractivity contribution in [3.63, 3.8) is 0 Å². The third kappa shape index (κ3) is 20.9. The molecule has 222 valence electrons. The molecule has 0 aliphatic heterocycles. The van der Waals surface area contributed by atoms with Gasteiger partial charge in [0.2, 0.25) is 0 Å². The van der Waals surface area contributed by atoms with Crippen molar-refractivity contribution in [2.24, 2.45) is 0 Å². The van der Waals surface area contributed by atoms with Crippen molar-refractivity contribution in [2.45, 2.75) is 102 Å². The van der Waals surface area contributed by atoms with Gasteiger partial charge in [0.25, 0.3) is 10.1 Å². The Labute approximate surface area is 233 Å². The maximum Gasteiger partial charge on any atom is 0.297 e. The summed E-state index contributed by atoms with van der Waals surface area (Å²) in [6, 6.07) is 6.55. The summed E-state index contributed by atoms with van der Waals surface area (Å²) >= 11 is 0. The lowest BCUT2D eigenvalue weighted by Crippen LogP contribution is -2.15. The molecule has 0 atom stereocenters. The normalized spacial score (nSPS) is 11.8. The molecule has 1 rings (SSSR count). The zero-order valence-corrected chi connectivity index (χ0v) is 24.9. The van der Waals surface area contributed by atoms with Crippen molar-refractivity contribution in [2.75, 3.05) is 59.5 Å². The van der Waals surface area contributed by atoms with E-state index in [2.05, 4.69) is 6.92 Å². The Kier molecular flexibility index (Phi) is 23.0. The zero-order chi connectivity index (χ0) is 27.6. The van der Waals surface area contributed by atoms with Crippen LogP contribution in [0.3, 0.4) is 0 Å². The SMILES string of the molecule is CCCCCCCCCCCCCCCOCCOCCOCCOCCOS(=O)(=O)c1ccc(C)cc1. The molecule has 0 saturated carbocycles.